The second kappa shape index (κ2) is 8.77. The van der Waals surface area contributed by atoms with Gasteiger partial charge in [-0.05, 0) is 43.3 Å². The van der Waals surface area contributed by atoms with E-state index in [1.54, 1.807) is 20.3 Å². The fraction of sp³-hybridized carbons (Fsp3) is 0.474. The van der Waals surface area contributed by atoms with Crippen molar-refractivity contribution >= 4 is 15.7 Å². The Kier molecular flexibility index (Phi) is 6.41. The molecule has 1 aromatic heterocycles. The van der Waals surface area contributed by atoms with Crippen LogP contribution in [0.25, 0.3) is 0 Å². The Labute approximate surface area is 161 Å². The molecule has 0 radical (unpaired) electrons. The molecule has 0 aliphatic carbocycles. The molecule has 1 saturated heterocycles. The Balaban J connectivity index is 1.65. The van der Waals surface area contributed by atoms with E-state index in [0.717, 1.165) is 37.7 Å². The van der Waals surface area contributed by atoms with Crippen LogP contribution in [0.2, 0.25) is 0 Å². The van der Waals surface area contributed by atoms with Crippen molar-refractivity contribution in [1.29, 1.82) is 0 Å². The van der Waals surface area contributed by atoms with Crippen LogP contribution in [-0.4, -0.2) is 54.0 Å². The maximum atomic E-state index is 11.9. The van der Waals surface area contributed by atoms with Gasteiger partial charge in [-0.2, -0.15) is 0 Å². The smallest absolute Gasteiger partial charge is 0.211 e. The summed E-state index contributed by atoms with van der Waals surface area (Å²) < 4.78 is 37.3. The molecule has 8 heteroatoms. The number of sulfonamides is 1. The van der Waals surface area contributed by atoms with Crippen LogP contribution in [0.4, 0.5) is 5.69 Å². The van der Waals surface area contributed by atoms with Crippen LogP contribution in [0.5, 0.6) is 5.75 Å². The van der Waals surface area contributed by atoms with Crippen molar-refractivity contribution in [3.8, 4) is 5.75 Å². The molecule has 2 N–H and O–H groups in total. The van der Waals surface area contributed by atoms with Gasteiger partial charge in [0.05, 0.1) is 51.8 Å². The number of hydrogen-bond acceptors (Lipinski definition) is 5. The predicted octanol–water partition coefficient (Wildman–Crippen LogP) is 0.674. The number of furan rings is 1. The average Bonchev–Trinajstić information content (AvgIpc) is 3.23. The second-order valence-corrected chi connectivity index (χ2v) is 8.76. The molecule has 2 heterocycles. The Bertz CT molecular complexity index is 798. The van der Waals surface area contributed by atoms with E-state index in [-0.39, 0.29) is 11.8 Å². The SMILES string of the molecule is CCS(=O)(=O)NC[C@@H](c1ccco1)[NH+]1CCN(c2ccc(OC)cc2)CC1. The van der Waals surface area contributed by atoms with Crippen LogP contribution >= 0.6 is 0 Å². The van der Waals surface area contributed by atoms with E-state index in [4.69, 9.17) is 9.15 Å². The number of anilines is 1. The lowest BCUT2D eigenvalue weighted by molar-refractivity contribution is -0.931. The van der Waals surface area contributed by atoms with Crippen LogP contribution in [-0.2, 0) is 10.0 Å². The fourth-order valence-corrected chi connectivity index (χ4v) is 4.07. The number of nitrogens with one attached hydrogen (secondary N) is 2. The number of quaternary nitrogens is 1. The van der Waals surface area contributed by atoms with Gasteiger partial charge in [0.2, 0.25) is 10.0 Å². The number of nitrogens with zero attached hydrogens (tertiary/aromatic N) is 1. The highest BCUT2D eigenvalue weighted by atomic mass is 32.2. The van der Waals surface area contributed by atoms with E-state index in [0.29, 0.717) is 6.54 Å². The minimum atomic E-state index is -3.23. The molecule has 7 nitrogen and oxygen atoms in total. The second-order valence-electron chi connectivity index (χ2n) is 6.66. The molecule has 1 aliphatic heterocycles. The van der Waals surface area contributed by atoms with Gasteiger partial charge in [-0.3, -0.25) is 0 Å². The minimum absolute atomic E-state index is 0.0284. The monoisotopic (exact) mass is 394 g/mol. The summed E-state index contributed by atoms with van der Waals surface area (Å²) in [4.78, 5) is 3.67. The first-order chi connectivity index (χ1) is 13.0. The Morgan fingerprint density at radius 2 is 1.93 bits per heavy atom. The van der Waals surface area contributed by atoms with Gasteiger partial charge in [0.25, 0.3) is 0 Å². The third-order valence-corrected chi connectivity index (χ3v) is 6.48. The maximum Gasteiger partial charge on any atom is 0.211 e. The number of rotatable bonds is 8. The largest absolute Gasteiger partial charge is 0.497 e. The topological polar surface area (TPSA) is 76.2 Å². The molecule has 0 amide bonds. The van der Waals surface area contributed by atoms with Gasteiger partial charge in [-0.15, -0.1) is 0 Å². The predicted molar refractivity (Wildman–Crippen MR) is 105 cm³/mol. The van der Waals surface area contributed by atoms with Crippen LogP contribution < -0.4 is 19.3 Å². The van der Waals surface area contributed by atoms with Crippen molar-refractivity contribution in [1.82, 2.24) is 4.72 Å². The first kappa shape index (κ1) is 19.7. The lowest BCUT2D eigenvalue weighted by Gasteiger charge is -2.37. The third kappa shape index (κ3) is 5.03. The van der Waals surface area contributed by atoms with E-state index in [1.807, 2.05) is 24.3 Å². The van der Waals surface area contributed by atoms with Crippen molar-refractivity contribution in [2.75, 3.05) is 50.5 Å². The molecule has 0 saturated carbocycles. The fourth-order valence-electron chi connectivity index (χ4n) is 3.44. The quantitative estimate of drug-likeness (QED) is 0.688. The van der Waals surface area contributed by atoms with Crippen molar-refractivity contribution < 1.29 is 22.5 Å². The summed E-state index contributed by atoms with van der Waals surface area (Å²) in [5, 5.41) is 0. The Hall–Kier alpha value is -2.03. The van der Waals surface area contributed by atoms with Gasteiger partial charge in [-0.1, -0.05) is 0 Å². The maximum absolute atomic E-state index is 11.9. The highest BCUT2D eigenvalue weighted by Gasteiger charge is 2.31. The minimum Gasteiger partial charge on any atom is -0.497 e. The molecule has 1 aliphatic rings. The number of ether oxygens (including phenoxy) is 1. The summed E-state index contributed by atoms with van der Waals surface area (Å²) in [7, 11) is -1.57. The van der Waals surface area contributed by atoms with Crippen LogP contribution in [0.1, 0.15) is 18.7 Å². The summed E-state index contributed by atoms with van der Waals surface area (Å²) >= 11 is 0. The average molecular weight is 395 g/mol. The normalized spacial score (nSPS) is 17.0. The molecule has 1 fully saturated rings. The molecule has 2 aromatic rings. The van der Waals surface area contributed by atoms with Crippen LogP contribution in [0.3, 0.4) is 0 Å². The van der Waals surface area contributed by atoms with Crippen molar-refractivity contribution in [2.24, 2.45) is 0 Å². The number of benzene rings is 1. The van der Waals surface area contributed by atoms with E-state index >= 15 is 0 Å². The van der Waals surface area contributed by atoms with Gasteiger partial charge in [-0.25, -0.2) is 13.1 Å². The summed E-state index contributed by atoms with van der Waals surface area (Å²) in [6.07, 6.45) is 1.64. The molecule has 27 heavy (non-hydrogen) atoms. The number of methoxy groups -OCH3 is 1. The van der Waals surface area contributed by atoms with Gasteiger partial charge in [0.1, 0.15) is 5.75 Å². The highest BCUT2D eigenvalue weighted by molar-refractivity contribution is 7.89. The molecule has 3 rings (SSSR count). The van der Waals surface area contributed by atoms with Gasteiger partial charge in [0, 0.05) is 5.69 Å². The van der Waals surface area contributed by atoms with E-state index in [9.17, 15) is 8.42 Å². The van der Waals surface area contributed by atoms with E-state index < -0.39 is 10.0 Å². The van der Waals surface area contributed by atoms with E-state index in [1.165, 1.54) is 10.6 Å². The third-order valence-electron chi connectivity index (χ3n) is 5.11. The van der Waals surface area contributed by atoms with Crippen LogP contribution in [0.15, 0.2) is 47.1 Å². The van der Waals surface area contributed by atoms with Crippen molar-refractivity contribution in [2.45, 2.75) is 13.0 Å². The van der Waals surface area contributed by atoms with Crippen molar-refractivity contribution in [3.63, 3.8) is 0 Å². The standard InChI is InChI=1S/C19H27N3O4S/c1-3-27(23,24)20-15-18(19-5-4-14-26-19)22-12-10-21(11-13-22)16-6-8-17(25-2)9-7-16/h4-9,14,18,20H,3,10-13,15H2,1-2H3/p+1/t18-/m0/s1. The Morgan fingerprint density at radius 1 is 1.22 bits per heavy atom. The summed E-state index contributed by atoms with van der Waals surface area (Å²) in [6, 6.07) is 11.8. The summed E-state index contributed by atoms with van der Waals surface area (Å²) in [5.41, 5.74) is 1.18. The van der Waals surface area contributed by atoms with Crippen molar-refractivity contribution in [3.05, 3.63) is 48.4 Å². The molecule has 0 bridgehead atoms. The highest BCUT2D eigenvalue weighted by Crippen LogP contribution is 2.19. The van der Waals surface area contributed by atoms with Gasteiger partial charge >= 0.3 is 0 Å². The molecular formula is C19H28N3O4S+. The number of piperazine rings is 1. The first-order valence-electron chi connectivity index (χ1n) is 9.26. The molecule has 1 atom stereocenters. The Morgan fingerprint density at radius 3 is 2.48 bits per heavy atom. The molecule has 148 valence electrons. The molecule has 1 aromatic carbocycles. The van der Waals surface area contributed by atoms with Gasteiger partial charge < -0.3 is 19.0 Å². The van der Waals surface area contributed by atoms with Gasteiger partial charge in [0.15, 0.2) is 11.8 Å². The molecule has 0 unspecified atom stereocenters. The van der Waals surface area contributed by atoms with Crippen LogP contribution in [0, 0.1) is 0 Å². The summed E-state index contributed by atoms with van der Waals surface area (Å²) in [6.45, 7) is 5.61. The zero-order valence-corrected chi connectivity index (χ0v) is 16.7. The first-order valence-corrected chi connectivity index (χ1v) is 10.9. The molecular weight excluding hydrogens is 366 g/mol. The summed E-state index contributed by atoms with van der Waals surface area (Å²) in [5.74, 6) is 1.75. The number of hydrogen-bond donors (Lipinski definition) is 2. The lowest BCUT2D eigenvalue weighted by atomic mass is 10.1. The molecule has 0 spiro atoms. The zero-order valence-electron chi connectivity index (χ0n) is 15.8. The lowest BCUT2D eigenvalue weighted by Crippen LogP contribution is -3.15. The van der Waals surface area contributed by atoms with E-state index in [2.05, 4.69) is 21.8 Å². The zero-order chi connectivity index (χ0) is 19.3.